The van der Waals surface area contributed by atoms with Crippen LogP contribution in [0.15, 0.2) is 0 Å². The minimum absolute atomic E-state index is 0. The zero-order valence-corrected chi connectivity index (χ0v) is 11.2. The van der Waals surface area contributed by atoms with E-state index in [0.29, 0.717) is 0 Å². The van der Waals surface area contributed by atoms with E-state index in [0.717, 1.165) is 0 Å². The van der Waals surface area contributed by atoms with Gasteiger partial charge in [-0.3, -0.25) is 0 Å². The first-order chi connectivity index (χ1) is 0. The van der Waals surface area contributed by atoms with E-state index < -0.39 is 0 Å². The quantitative estimate of drug-likeness (QED) is 0.550. The number of hydrogen-bond acceptors (Lipinski definition) is 0. The van der Waals surface area contributed by atoms with Gasteiger partial charge in [0.2, 0.25) is 0 Å². The van der Waals surface area contributed by atoms with Crippen LogP contribution in [0.1, 0.15) is 0 Å². The van der Waals surface area contributed by atoms with Crippen LogP contribution in [0, 0.1) is 0 Å². The second-order valence-corrected chi connectivity index (χ2v) is 0. The van der Waals surface area contributed by atoms with Crippen LogP contribution in [0.5, 0.6) is 0 Å². The van der Waals surface area contributed by atoms with E-state index in [4.69, 9.17) is 0 Å². The Balaban J connectivity index is 0. The summed E-state index contributed by atoms with van der Waals surface area (Å²) in [5, 5.41) is 0. The molecule has 0 heterocycles. The molecular weight excluding hydrogens is 296 g/mol. The zero-order valence-electron chi connectivity index (χ0n) is 3.07. The van der Waals surface area contributed by atoms with E-state index in [9.17, 15) is 0 Å². The normalized spacial score (nSPS) is 0. The van der Waals surface area contributed by atoms with Crippen molar-refractivity contribution in [2.24, 2.45) is 0 Å². The Morgan fingerprint density at radius 1 is 0.500 bits per heavy atom. The Morgan fingerprint density at radius 3 is 0.500 bits per heavy atom. The van der Waals surface area contributed by atoms with Gasteiger partial charge in [0.15, 0.2) is 0 Å². The SMILES string of the molecule is [Ga+3].[Ga+3].[In+3].[N-3].[N-3].[N-3]. The average Bonchev–Trinajstić information content (AvgIpc) is 0. The summed E-state index contributed by atoms with van der Waals surface area (Å²) < 4.78 is 0. The van der Waals surface area contributed by atoms with Crippen molar-refractivity contribution in [1.82, 2.24) is 0 Å². The van der Waals surface area contributed by atoms with Crippen LogP contribution in [-0.2, 0) is 0 Å². The maximum Gasteiger partial charge on any atom is 3.00 e. The van der Waals surface area contributed by atoms with E-state index in [2.05, 4.69) is 0 Å². The van der Waals surface area contributed by atoms with E-state index in [1.54, 1.807) is 0 Å². The molecule has 0 atom stereocenters. The minimum atomic E-state index is 0. The van der Waals surface area contributed by atoms with E-state index >= 15 is 0 Å². The molecule has 0 unspecified atom stereocenters. The molecule has 0 saturated heterocycles. The first kappa shape index (κ1) is 96.7. The molecule has 0 bridgehead atoms. The van der Waals surface area contributed by atoms with E-state index in [-0.39, 0.29) is 83.9 Å². The van der Waals surface area contributed by atoms with Gasteiger partial charge in [-0.15, -0.1) is 0 Å². The van der Waals surface area contributed by atoms with Gasteiger partial charge in [0.1, 0.15) is 0 Å². The van der Waals surface area contributed by atoms with E-state index in [1.807, 2.05) is 0 Å². The van der Waals surface area contributed by atoms with Crippen molar-refractivity contribution < 1.29 is 0 Å². The molecule has 0 fully saturated rings. The number of hydrogen-bond donors (Lipinski definition) is 0. The van der Waals surface area contributed by atoms with Crippen molar-refractivity contribution >= 4 is 65.4 Å². The van der Waals surface area contributed by atoms with Crippen molar-refractivity contribution in [1.29, 1.82) is 0 Å². The fourth-order valence-corrected chi connectivity index (χ4v) is 0. The largest absolute Gasteiger partial charge is 3.00 e. The summed E-state index contributed by atoms with van der Waals surface area (Å²) in [7, 11) is 0. The monoisotopic (exact) mass is 295 g/mol. The van der Waals surface area contributed by atoms with Crippen molar-refractivity contribution in [3.8, 4) is 0 Å². The number of nitrogens with zero attached hydrogens (tertiary/aromatic N) is 3. The molecule has 0 N–H and O–H groups in total. The maximum absolute atomic E-state index is 0. The van der Waals surface area contributed by atoms with Gasteiger partial charge in [0.25, 0.3) is 0 Å². The fourth-order valence-electron chi connectivity index (χ4n) is 0. The van der Waals surface area contributed by atoms with E-state index in [1.165, 1.54) is 0 Å². The summed E-state index contributed by atoms with van der Waals surface area (Å²) in [6.07, 6.45) is 0. The third kappa shape index (κ3) is 37.1. The summed E-state index contributed by atoms with van der Waals surface area (Å²) in [4.78, 5) is 0. The topological polar surface area (TPSA) is 91.5 Å². The molecular formula is Ga2InN3. The van der Waals surface area contributed by atoms with Crippen LogP contribution in [-0.4, -0.2) is 65.4 Å². The molecule has 0 rings (SSSR count). The molecule has 6 heavy (non-hydrogen) atoms. The Bertz CT molecular complexity index is 8.75. The van der Waals surface area contributed by atoms with Crippen LogP contribution in [0.2, 0.25) is 0 Å². The summed E-state index contributed by atoms with van der Waals surface area (Å²) in [6.45, 7) is 0. The van der Waals surface area contributed by atoms with Crippen molar-refractivity contribution in [2.75, 3.05) is 0 Å². The predicted molar refractivity (Wildman–Crippen MR) is 27.3 cm³/mol. The van der Waals surface area contributed by atoms with Crippen molar-refractivity contribution in [3.63, 3.8) is 0 Å². The standard InChI is InChI=1S/2Ga.In.3N/q3*+3;3*-3. The smallest absolute Gasteiger partial charge is 3.00 e. The summed E-state index contributed by atoms with van der Waals surface area (Å²) >= 11 is 0. The molecule has 0 spiro atoms. The molecule has 0 aromatic heterocycles. The molecule has 0 saturated carbocycles. The number of rotatable bonds is 0. The summed E-state index contributed by atoms with van der Waals surface area (Å²) in [5.74, 6) is 0. The van der Waals surface area contributed by atoms with Gasteiger partial charge in [-0.05, 0) is 0 Å². The Morgan fingerprint density at radius 2 is 0.500 bits per heavy atom. The van der Waals surface area contributed by atoms with Gasteiger partial charge in [-0.1, -0.05) is 0 Å². The van der Waals surface area contributed by atoms with Crippen molar-refractivity contribution in [2.45, 2.75) is 0 Å². The molecule has 0 aliphatic rings. The van der Waals surface area contributed by atoms with Crippen LogP contribution in [0.3, 0.4) is 0 Å². The molecule has 0 radical (unpaired) electrons. The Labute approximate surface area is 83.0 Å². The van der Waals surface area contributed by atoms with Crippen LogP contribution in [0.4, 0.5) is 0 Å². The molecule has 0 amide bonds. The van der Waals surface area contributed by atoms with Crippen molar-refractivity contribution in [3.05, 3.63) is 18.5 Å². The molecule has 0 aliphatic heterocycles. The average molecular weight is 296 g/mol. The third-order valence-electron chi connectivity index (χ3n) is 0. The van der Waals surface area contributed by atoms with Crippen LogP contribution in [0.25, 0.3) is 18.5 Å². The molecule has 24 valence electrons. The Kier molecular flexibility index (Phi) is 1000. The fraction of sp³-hybridized carbons (Fsp3) is 0. The van der Waals surface area contributed by atoms with Gasteiger partial charge < -0.3 is 18.5 Å². The summed E-state index contributed by atoms with van der Waals surface area (Å²) in [6, 6.07) is 0. The first-order valence-corrected chi connectivity index (χ1v) is 0. The predicted octanol–water partition coefficient (Wildman–Crippen LogP) is -0.276. The van der Waals surface area contributed by atoms with Crippen LogP contribution >= 0.6 is 0 Å². The maximum atomic E-state index is 0. The second kappa shape index (κ2) is 62.3. The van der Waals surface area contributed by atoms with Gasteiger partial charge >= 0.3 is 65.4 Å². The first-order valence-electron chi connectivity index (χ1n) is 0. The molecule has 0 aromatic carbocycles. The minimum Gasteiger partial charge on any atom is -3.00 e. The Hall–Kier alpha value is 2.02. The zero-order chi connectivity index (χ0) is 0. The van der Waals surface area contributed by atoms with Gasteiger partial charge in [0.05, 0.1) is 0 Å². The molecule has 0 aromatic rings. The third-order valence-corrected chi connectivity index (χ3v) is 0. The summed E-state index contributed by atoms with van der Waals surface area (Å²) in [5.41, 5.74) is 0. The molecule has 0 aliphatic carbocycles. The van der Waals surface area contributed by atoms with Gasteiger partial charge in [-0.2, -0.15) is 0 Å². The van der Waals surface area contributed by atoms with Gasteiger partial charge in [0, 0.05) is 0 Å². The van der Waals surface area contributed by atoms with Gasteiger partial charge in [-0.25, -0.2) is 0 Å². The second-order valence-electron chi connectivity index (χ2n) is 0. The molecule has 6 heteroatoms. The molecule has 3 nitrogen and oxygen atoms in total. The van der Waals surface area contributed by atoms with Crippen LogP contribution < -0.4 is 0 Å².